The summed E-state index contributed by atoms with van der Waals surface area (Å²) in [4.78, 5) is 26.5. The van der Waals surface area contributed by atoms with Crippen LogP contribution in [0.4, 0.5) is 4.39 Å². The molecule has 0 spiro atoms. The molecular formula is C23H29FN2O3. The summed E-state index contributed by atoms with van der Waals surface area (Å²) in [5.41, 5.74) is 4.17. The number of fused-ring (bicyclic) bond motifs is 1. The molecule has 1 N–H and O–H groups in total. The van der Waals surface area contributed by atoms with Crippen LogP contribution >= 0.6 is 0 Å². The second-order valence-electron chi connectivity index (χ2n) is 7.63. The molecule has 1 heterocycles. The molecule has 2 aromatic carbocycles. The van der Waals surface area contributed by atoms with Gasteiger partial charge in [-0.25, -0.2) is 4.39 Å². The second-order valence-corrected chi connectivity index (χ2v) is 7.63. The molecule has 156 valence electrons. The van der Waals surface area contributed by atoms with Crippen LogP contribution < -0.4 is 10.1 Å². The van der Waals surface area contributed by atoms with E-state index in [1.807, 2.05) is 33.9 Å². The Morgan fingerprint density at radius 1 is 1.31 bits per heavy atom. The van der Waals surface area contributed by atoms with Crippen LogP contribution in [-0.4, -0.2) is 43.5 Å². The van der Waals surface area contributed by atoms with Gasteiger partial charge in [-0.05, 0) is 67.6 Å². The summed E-state index contributed by atoms with van der Waals surface area (Å²) in [6.07, 6.45) is 1.23. The number of hydrogen-bond donors (Lipinski definition) is 1. The quantitative estimate of drug-likeness (QED) is 0.851. The summed E-state index contributed by atoms with van der Waals surface area (Å²) < 4.78 is 20.3. The number of ether oxygens (including phenoxy) is 1. The molecule has 0 saturated carbocycles. The zero-order chi connectivity index (χ0) is 21.3. The molecule has 1 aliphatic rings. The van der Waals surface area contributed by atoms with Gasteiger partial charge in [0, 0.05) is 28.0 Å². The first-order chi connectivity index (χ1) is 13.7. The minimum Gasteiger partial charge on any atom is -0.492 e. The normalized spacial score (nSPS) is 16.6. The molecule has 5 nitrogen and oxygen atoms in total. The van der Waals surface area contributed by atoms with Gasteiger partial charge in [-0.15, -0.1) is 0 Å². The van der Waals surface area contributed by atoms with Crippen LogP contribution in [0.15, 0.2) is 24.3 Å². The molecule has 0 bridgehead atoms. The van der Waals surface area contributed by atoms with E-state index in [4.69, 9.17) is 4.74 Å². The van der Waals surface area contributed by atoms with Crippen molar-refractivity contribution in [1.82, 2.24) is 10.2 Å². The maximum atomic E-state index is 14.4. The summed E-state index contributed by atoms with van der Waals surface area (Å²) in [5, 5.41) is 2.43. The Morgan fingerprint density at radius 2 is 2.03 bits per heavy atom. The van der Waals surface area contributed by atoms with Gasteiger partial charge >= 0.3 is 0 Å². The predicted octanol–water partition coefficient (Wildman–Crippen LogP) is 3.88. The molecule has 0 radical (unpaired) electrons. The number of nitrogens with zero attached hydrogens (tertiary/aromatic N) is 1. The van der Waals surface area contributed by atoms with Crippen LogP contribution in [0.2, 0.25) is 0 Å². The van der Waals surface area contributed by atoms with Gasteiger partial charge in [0.2, 0.25) is 0 Å². The zero-order valence-corrected chi connectivity index (χ0v) is 17.6. The lowest BCUT2D eigenvalue weighted by Gasteiger charge is -2.30. The van der Waals surface area contributed by atoms with Gasteiger partial charge in [-0.2, -0.15) is 0 Å². The molecule has 1 aliphatic heterocycles. The van der Waals surface area contributed by atoms with Crippen LogP contribution in [0, 0.1) is 19.7 Å². The molecule has 0 saturated heterocycles. The molecule has 0 unspecified atom stereocenters. The number of amides is 2. The fourth-order valence-electron chi connectivity index (χ4n) is 3.61. The fraction of sp³-hybridized carbons (Fsp3) is 0.391. The summed E-state index contributed by atoms with van der Waals surface area (Å²) in [6.45, 7) is 6.49. The highest BCUT2D eigenvalue weighted by Crippen LogP contribution is 2.33. The lowest BCUT2D eigenvalue weighted by atomic mass is 9.92. The van der Waals surface area contributed by atoms with Crippen molar-refractivity contribution in [2.45, 2.75) is 39.7 Å². The van der Waals surface area contributed by atoms with E-state index in [0.29, 0.717) is 24.3 Å². The number of halogens is 1. The van der Waals surface area contributed by atoms with Crippen molar-refractivity contribution in [2.75, 3.05) is 20.7 Å². The summed E-state index contributed by atoms with van der Waals surface area (Å²) in [7, 11) is 3.28. The van der Waals surface area contributed by atoms with Gasteiger partial charge in [-0.1, -0.05) is 6.07 Å². The van der Waals surface area contributed by atoms with Gasteiger partial charge in [0.1, 0.15) is 11.6 Å². The van der Waals surface area contributed by atoms with Gasteiger partial charge in [-0.3, -0.25) is 9.59 Å². The number of carbonyl (C=O) groups is 2. The monoisotopic (exact) mass is 400 g/mol. The second kappa shape index (κ2) is 8.23. The van der Waals surface area contributed by atoms with Crippen molar-refractivity contribution in [1.29, 1.82) is 0 Å². The van der Waals surface area contributed by atoms with Crippen LogP contribution in [-0.2, 0) is 6.42 Å². The van der Waals surface area contributed by atoms with Crippen molar-refractivity contribution in [3.8, 4) is 5.75 Å². The smallest absolute Gasteiger partial charge is 0.257 e. The third-order valence-electron chi connectivity index (χ3n) is 5.84. The Hall–Kier alpha value is -2.89. The Morgan fingerprint density at radius 3 is 2.69 bits per heavy atom. The highest BCUT2D eigenvalue weighted by molar-refractivity contribution is 5.98. The fourth-order valence-corrected chi connectivity index (χ4v) is 3.61. The van der Waals surface area contributed by atoms with E-state index < -0.39 is 11.7 Å². The molecule has 2 amide bonds. The first kappa shape index (κ1) is 20.8. The van der Waals surface area contributed by atoms with Gasteiger partial charge in [0.25, 0.3) is 11.8 Å². The van der Waals surface area contributed by atoms with Crippen LogP contribution in [0.1, 0.15) is 57.7 Å². The van der Waals surface area contributed by atoms with Gasteiger partial charge < -0.3 is 15.0 Å². The van der Waals surface area contributed by atoms with E-state index in [-0.39, 0.29) is 18.9 Å². The average Bonchev–Trinajstić information content (AvgIpc) is 2.70. The molecule has 0 fully saturated rings. The third kappa shape index (κ3) is 3.97. The number of hydrogen-bond acceptors (Lipinski definition) is 3. The Labute approximate surface area is 172 Å². The highest BCUT2D eigenvalue weighted by atomic mass is 19.1. The largest absolute Gasteiger partial charge is 0.492 e. The molecule has 3 rings (SSSR count). The van der Waals surface area contributed by atoms with E-state index >= 15 is 0 Å². The van der Waals surface area contributed by atoms with Crippen LogP contribution in [0.5, 0.6) is 5.75 Å². The molecule has 1 atom stereocenters. The lowest BCUT2D eigenvalue weighted by Crippen LogP contribution is -2.38. The Kier molecular flexibility index (Phi) is 5.91. The van der Waals surface area contributed by atoms with Crippen molar-refractivity contribution < 1.29 is 20.1 Å². The predicted molar refractivity (Wildman–Crippen MR) is 112 cm³/mol. The first-order valence-electron chi connectivity index (χ1n) is 9.78. The first-order valence-corrected chi connectivity index (χ1v) is 9.78. The number of rotatable bonds is 3. The molecule has 29 heavy (non-hydrogen) atoms. The van der Waals surface area contributed by atoms with E-state index in [9.17, 15) is 14.0 Å². The Bertz CT molecular complexity index is 977. The van der Waals surface area contributed by atoms with E-state index in [1.54, 1.807) is 11.0 Å². The van der Waals surface area contributed by atoms with Crippen molar-refractivity contribution in [3.63, 3.8) is 0 Å². The highest BCUT2D eigenvalue weighted by Gasteiger charge is 2.27. The molecule has 2 aromatic rings. The number of carbonyl (C=O) groups excluding carboxylic acids is 2. The average molecular weight is 400 g/mol. The van der Waals surface area contributed by atoms with E-state index in [2.05, 4.69) is 5.32 Å². The topological polar surface area (TPSA) is 58.6 Å². The molecular weight excluding hydrogens is 371 g/mol. The zero-order valence-electron chi connectivity index (χ0n) is 17.6. The molecule has 0 aromatic heterocycles. The standard InChI is InChI=1S/C23H27FN2O3.H2/c1-13-8-9-29-21-15(3)14(2)17(12-19(21)23(28)26(13)5)10-16-6-7-18(20(24)11-16)22(27)25-4;/h6-7,11-13H,8-10H2,1-5H3,(H,25,27);1H/t13-;/m1./s1. The minimum atomic E-state index is -0.560. The SMILES string of the molecule is CNC(=O)c1ccc(Cc2cc3c(c(C)c2C)OCC[C@@H](C)N(C)C3=O)cc1F.[HH]. The van der Waals surface area contributed by atoms with Gasteiger partial charge in [0.05, 0.1) is 17.7 Å². The van der Waals surface area contributed by atoms with E-state index in [1.165, 1.54) is 19.2 Å². The number of benzene rings is 2. The van der Waals surface area contributed by atoms with Crippen LogP contribution in [0.3, 0.4) is 0 Å². The van der Waals surface area contributed by atoms with Gasteiger partial charge in [0.15, 0.2) is 0 Å². The van der Waals surface area contributed by atoms with Crippen molar-refractivity contribution in [2.24, 2.45) is 0 Å². The summed E-state index contributed by atoms with van der Waals surface area (Å²) >= 11 is 0. The van der Waals surface area contributed by atoms with Crippen LogP contribution in [0.25, 0.3) is 0 Å². The van der Waals surface area contributed by atoms with E-state index in [0.717, 1.165) is 28.7 Å². The maximum absolute atomic E-state index is 14.4. The van der Waals surface area contributed by atoms with Crippen molar-refractivity contribution in [3.05, 3.63) is 63.5 Å². The third-order valence-corrected chi connectivity index (χ3v) is 5.84. The van der Waals surface area contributed by atoms with Crippen molar-refractivity contribution >= 4 is 11.8 Å². The summed E-state index contributed by atoms with van der Waals surface area (Å²) in [5.74, 6) is -0.452. The lowest BCUT2D eigenvalue weighted by molar-refractivity contribution is 0.0699. The maximum Gasteiger partial charge on any atom is 0.257 e. The molecule has 0 aliphatic carbocycles. The number of nitrogens with one attached hydrogen (secondary N) is 1. The Balaban J connectivity index is 0.00000320. The summed E-state index contributed by atoms with van der Waals surface area (Å²) in [6, 6.07) is 6.56. The molecule has 6 heteroatoms. The minimum absolute atomic E-state index is 0.